The van der Waals surface area contributed by atoms with Gasteiger partial charge >= 0.3 is 23.5 Å². The minimum atomic E-state index is -5.59. The number of rotatable bonds is 33. The Morgan fingerprint density at radius 1 is 0.910 bits per heavy atom. The van der Waals surface area contributed by atoms with Crippen molar-refractivity contribution in [3.05, 3.63) is 12.7 Å². The SMILES string of the molecule is CCCCCCCCCCCCCC(C)C(O)C(=O)SCCNC(=O)CCNC(=O)[C@H](O)C(C)(C)COP(=O)(O)OP(=O)(O)OC[C@H]1O[C@@H](n2cnc3c(N)ncnc32)[C@H](O)[C@@H]1OP(=O)(O)O. The Bertz CT molecular complexity index is 2030. The zero-order valence-corrected chi connectivity index (χ0v) is 41.7. The van der Waals surface area contributed by atoms with Gasteiger partial charge in [-0.3, -0.25) is 32.5 Å². The largest absolute Gasteiger partial charge is 0.481 e. The molecule has 0 radical (unpaired) electrons. The average molecular weight is 1040 g/mol. The van der Waals surface area contributed by atoms with E-state index in [0.29, 0.717) is 0 Å². The highest BCUT2D eigenvalue weighted by molar-refractivity contribution is 8.13. The number of thioether (sulfide) groups is 1. The summed E-state index contributed by atoms with van der Waals surface area (Å²) in [5.74, 6) is -1.48. The third-order valence-electron chi connectivity index (χ3n) is 10.8. The minimum absolute atomic E-state index is 0.0274. The number of aromatic nitrogens is 4. The van der Waals surface area contributed by atoms with Crippen molar-refractivity contribution in [3.63, 3.8) is 0 Å². The molecule has 1 aliphatic heterocycles. The van der Waals surface area contributed by atoms with Gasteiger partial charge in [0.25, 0.3) is 0 Å². The van der Waals surface area contributed by atoms with Crippen molar-refractivity contribution < 1.29 is 85.6 Å². The number of hydrogen-bond acceptors (Lipinski definition) is 19. The quantitative estimate of drug-likeness (QED) is 0.0362. The summed E-state index contributed by atoms with van der Waals surface area (Å²) in [4.78, 5) is 88.7. The first-order chi connectivity index (χ1) is 31.4. The number of aliphatic hydroxyl groups excluding tert-OH is 3. The summed E-state index contributed by atoms with van der Waals surface area (Å²) in [6.45, 7) is 4.41. The number of carbonyl (C=O) groups excluding carboxylic acids is 3. The lowest BCUT2D eigenvalue weighted by Gasteiger charge is -2.30. The van der Waals surface area contributed by atoms with Crippen LogP contribution >= 0.6 is 35.2 Å². The lowest BCUT2D eigenvalue weighted by Crippen LogP contribution is -2.46. The molecule has 3 rings (SSSR count). The second-order valence-electron chi connectivity index (χ2n) is 17.0. The van der Waals surface area contributed by atoms with Crippen molar-refractivity contribution in [2.45, 2.75) is 148 Å². The number of nitrogens with two attached hydrogens (primary N) is 1. The van der Waals surface area contributed by atoms with Crippen molar-refractivity contribution in [1.82, 2.24) is 30.2 Å². The van der Waals surface area contributed by atoms with Gasteiger partial charge in [0, 0.05) is 30.7 Å². The predicted molar refractivity (Wildman–Crippen MR) is 243 cm³/mol. The third-order valence-corrected chi connectivity index (χ3v) is 14.8. The summed E-state index contributed by atoms with van der Waals surface area (Å²) in [5.41, 5.74) is 4.25. The van der Waals surface area contributed by atoms with Gasteiger partial charge in [-0.2, -0.15) is 4.31 Å². The molecular formula is C38H68N7O18P3S. The van der Waals surface area contributed by atoms with E-state index in [4.69, 9.17) is 19.5 Å². The van der Waals surface area contributed by atoms with Crippen molar-refractivity contribution in [2.75, 3.05) is 37.8 Å². The number of phosphoric ester groups is 3. The number of ether oxygens (including phenoxy) is 1. The average Bonchev–Trinajstić information content (AvgIpc) is 3.81. The maximum Gasteiger partial charge on any atom is 0.481 e. The first-order valence-corrected chi connectivity index (χ1v) is 27.6. The lowest BCUT2D eigenvalue weighted by atomic mass is 9.87. The van der Waals surface area contributed by atoms with Crippen LogP contribution in [0.2, 0.25) is 0 Å². The van der Waals surface area contributed by atoms with Crippen LogP contribution in [-0.4, -0.2) is 134 Å². The number of nitrogen functional groups attached to an aromatic ring is 1. The smallest absolute Gasteiger partial charge is 0.386 e. The molecule has 0 saturated carbocycles. The van der Waals surface area contributed by atoms with Crippen LogP contribution in [0, 0.1) is 11.3 Å². The molecule has 3 heterocycles. The van der Waals surface area contributed by atoms with E-state index in [2.05, 4.69) is 41.3 Å². The molecule has 2 amide bonds. The highest BCUT2D eigenvalue weighted by Gasteiger charge is 2.50. The number of fused-ring (bicyclic) bond motifs is 1. The Balaban J connectivity index is 1.35. The van der Waals surface area contributed by atoms with E-state index in [1.54, 1.807) is 0 Å². The Morgan fingerprint density at radius 3 is 2.15 bits per heavy atom. The molecule has 9 atom stereocenters. The summed E-state index contributed by atoms with van der Waals surface area (Å²) < 4.78 is 62.4. The van der Waals surface area contributed by atoms with Crippen LogP contribution in [0.25, 0.3) is 11.2 Å². The van der Waals surface area contributed by atoms with Gasteiger partial charge in [-0.25, -0.2) is 28.6 Å². The number of nitrogens with one attached hydrogen (secondary N) is 2. The molecule has 2 aromatic rings. The molecule has 1 aliphatic rings. The van der Waals surface area contributed by atoms with Gasteiger partial charge in [0.05, 0.1) is 19.5 Å². The normalized spacial score (nSPS) is 21.1. The van der Waals surface area contributed by atoms with Gasteiger partial charge in [-0.15, -0.1) is 0 Å². The maximum absolute atomic E-state index is 12.7. The van der Waals surface area contributed by atoms with E-state index in [1.807, 2.05) is 6.92 Å². The lowest BCUT2D eigenvalue weighted by molar-refractivity contribution is -0.137. The molecule has 11 N–H and O–H groups in total. The number of imidazole rings is 1. The van der Waals surface area contributed by atoms with Gasteiger partial charge in [0.1, 0.15) is 42.4 Å². The standard InChI is InChI=1S/C38H68N7O18P3S/c1-5-6-7-8-9-10-11-12-13-14-15-16-25(2)29(47)37(51)67-20-19-40-27(46)17-18-41-35(50)32(49)38(3,4)22-60-66(57,58)63-65(55,56)59-21-26-31(62-64(52,53)54)30(48)36(61-26)45-24-44-28-33(39)42-23-43-34(28)45/h23-26,29-32,36,47-49H,5-22H2,1-4H3,(H,40,46)(H,41,50)(H,55,56)(H,57,58)(H2,39,42,43)(H2,52,53,54)/t25?,26-,29?,30-,31-,32+,36-/m1/s1. The number of aliphatic hydroxyl groups is 3. The second-order valence-corrected chi connectivity index (χ2v) is 22.3. The van der Waals surface area contributed by atoms with Crippen LogP contribution in [0.4, 0.5) is 5.82 Å². The van der Waals surface area contributed by atoms with Crippen LogP contribution in [0.5, 0.6) is 0 Å². The molecule has 4 unspecified atom stereocenters. The number of nitrogens with zero attached hydrogens (tertiary/aromatic N) is 4. The fourth-order valence-corrected chi connectivity index (χ4v) is 10.5. The first kappa shape index (κ1) is 58.8. The number of hydrogen-bond donors (Lipinski definition) is 10. The van der Waals surface area contributed by atoms with E-state index in [-0.39, 0.29) is 53.3 Å². The molecule has 0 spiro atoms. The van der Waals surface area contributed by atoms with E-state index >= 15 is 0 Å². The summed E-state index contributed by atoms with van der Waals surface area (Å²) in [5, 5.41) is 36.6. The van der Waals surface area contributed by atoms with Gasteiger partial charge < -0.3 is 56.0 Å². The van der Waals surface area contributed by atoms with E-state index in [1.165, 1.54) is 65.2 Å². The highest BCUT2D eigenvalue weighted by Crippen LogP contribution is 2.61. The number of anilines is 1. The summed E-state index contributed by atoms with van der Waals surface area (Å²) in [6, 6.07) is 0. The molecule has 1 fully saturated rings. The highest BCUT2D eigenvalue weighted by atomic mass is 32.2. The van der Waals surface area contributed by atoms with Crippen molar-refractivity contribution in [2.24, 2.45) is 11.3 Å². The van der Waals surface area contributed by atoms with Crippen molar-refractivity contribution >= 4 is 69.1 Å². The molecule has 67 heavy (non-hydrogen) atoms. The molecule has 25 nitrogen and oxygen atoms in total. The van der Waals surface area contributed by atoms with Crippen LogP contribution in [0.3, 0.4) is 0 Å². The molecule has 0 bridgehead atoms. The summed E-state index contributed by atoms with van der Waals surface area (Å²) in [7, 11) is -16.4. The number of amides is 2. The van der Waals surface area contributed by atoms with Crippen LogP contribution < -0.4 is 16.4 Å². The topological polar surface area (TPSA) is 384 Å². The first-order valence-electron chi connectivity index (χ1n) is 22.1. The molecule has 1 saturated heterocycles. The minimum Gasteiger partial charge on any atom is -0.386 e. The van der Waals surface area contributed by atoms with Crippen LogP contribution in [0.1, 0.15) is 117 Å². The van der Waals surface area contributed by atoms with E-state index in [0.717, 1.165) is 54.7 Å². The van der Waals surface area contributed by atoms with E-state index < -0.39 is 90.7 Å². The molecule has 29 heteroatoms. The van der Waals surface area contributed by atoms with Gasteiger partial charge in [-0.1, -0.05) is 110 Å². The van der Waals surface area contributed by atoms with Gasteiger partial charge in [-0.05, 0) is 12.3 Å². The fourth-order valence-electron chi connectivity index (χ4n) is 6.89. The predicted octanol–water partition coefficient (Wildman–Crippen LogP) is 3.36. The molecular weight excluding hydrogens is 967 g/mol. The third kappa shape index (κ3) is 20.4. The van der Waals surface area contributed by atoms with Crippen molar-refractivity contribution in [1.29, 1.82) is 0 Å². The number of unbranched alkanes of at least 4 members (excludes halogenated alkanes) is 10. The molecule has 2 aromatic heterocycles. The van der Waals surface area contributed by atoms with Crippen molar-refractivity contribution in [3.8, 4) is 0 Å². The van der Waals surface area contributed by atoms with Crippen LogP contribution in [-0.2, 0) is 50.7 Å². The fraction of sp³-hybridized carbons (Fsp3) is 0.789. The Labute approximate surface area is 393 Å². The number of carbonyl (C=O) groups is 3. The summed E-state index contributed by atoms with van der Waals surface area (Å²) in [6.07, 6.45) is 5.96. The molecule has 0 aromatic carbocycles. The van der Waals surface area contributed by atoms with Crippen LogP contribution in [0.15, 0.2) is 12.7 Å². The second kappa shape index (κ2) is 27.8. The Kier molecular flexibility index (Phi) is 24.4. The zero-order valence-electron chi connectivity index (χ0n) is 38.2. The Morgan fingerprint density at radius 2 is 1.52 bits per heavy atom. The van der Waals surface area contributed by atoms with Gasteiger partial charge in [0.15, 0.2) is 17.7 Å². The summed E-state index contributed by atoms with van der Waals surface area (Å²) >= 11 is 0.916. The molecule has 384 valence electrons. The van der Waals surface area contributed by atoms with Gasteiger partial charge in [0.2, 0.25) is 16.9 Å². The van der Waals surface area contributed by atoms with E-state index in [9.17, 15) is 63.0 Å². The monoisotopic (exact) mass is 1040 g/mol. The molecule has 0 aliphatic carbocycles. The maximum atomic E-state index is 12.7. The zero-order chi connectivity index (χ0) is 50.0. The Hall–Kier alpha value is -2.48. The number of phosphoric acid groups is 3.